The molecule has 1 aliphatic heterocycles. The quantitative estimate of drug-likeness (QED) is 0.434. The third-order valence-electron chi connectivity index (χ3n) is 5.70. The molecule has 7 nitrogen and oxygen atoms in total. The summed E-state index contributed by atoms with van der Waals surface area (Å²) < 4.78 is 14.0. The lowest BCUT2D eigenvalue weighted by Crippen LogP contribution is -2.40. The first-order chi connectivity index (χ1) is 16.8. The lowest BCUT2D eigenvalue weighted by Gasteiger charge is -2.25. The molecule has 2 aromatic carbocycles. The minimum Gasteiger partial charge on any atom is -0.496 e. The van der Waals surface area contributed by atoms with Crippen molar-refractivity contribution in [3.05, 3.63) is 89.0 Å². The Morgan fingerprint density at radius 1 is 1.26 bits per heavy atom. The number of nitrogens with zero attached hydrogens (tertiary/aromatic N) is 3. The molecular weight excluding hydrogens is 530 g/mol. The van der Waals surface area contributed by atoms with E-state index in [0.717, 1.165) is 15.7 Å². The second-order valence-corrected chi connectivity index (χ2v) is 10.0. The molecule has 3 aromatic rings. The number of hydrogen-bond donors (Lipinski definition) is 0. The Hall–Kier alpha value is -3.17. The number of ether oxygens (including phenoxy) is 2. The summed E-state index contributed by atoms with van der Waals surface area (Å²) >= 11 is 4.90. The predicted molar refractivity (Wildman–Crippen MR) is 142 cm³/mol. The van der Waals surface area contributed by atoms with E-state index >= 15 is 0 Å². The van der Waals surface area contributed by atoms with Gasteiger partial charge in [-0.2, -0.15) is 0 Å². The van der Waals surface area contributed by atoms with Crippen molar-refractivity contribution in [2.24, 2.45) is 4.99 Å². The smallest absolute Gasteiger partial charge is 0.338 e. The van der Waals surface area contributed by atoms with Gasteiger partial charge in [0.1, 0.15) is 11.8 Å². The number of halogens is 1. The van der Waals surface area contributed by atoms with Crippen LogP contribution in [0.4, 0.5) is 5.69 Å². The van der Waals surface area contributed by atoms with Crippen LogP contribution >= 0.6 is 27.3 Å². The summed E-state index contributed by atoms with van der Waals surface area (Å²) in [5, 5.41) is 0. The fourth-order valence-electron chi connectivity index (χ4n) is 4.11. The molecule has 4 rings (SSSR count). The minimum atomic E-state index is -0.716. The molecule has 1 unspecified atom stereocenters. The van der Waals surface area contributed by atoms with Crippen molar-refractivity contribution in [2.75, 3.05) is 32.7 Å². The summed E-state index contributed by atoms with van der Waals surface area (Å²) in [7, 11) is 5.51. The molecule has 1 aliphatic rings. The Labute approximate surface area is 215 Å². The number of rotatable bonds is 6. The maximum atomic E-state index is 13.7. The molecule has 0 saturated heterocycles. The number of para-hydroxylation sites is 1. The lowest BCUT2D eigenvalue weighted by molar-refractivity contribution is -0.139. The van der Waals surface area contributed by atoms with Crippen molar-refractivity contribution in [1.82, 2.24) is 4.57 Å². The van der Waals surface area contributed by atoms with E-state index in [9.17, 15) is 9.59 Å². The van der Waals surface area contributed by atoms with E-state index < -0.39 is 12.0 Å². The largest absolute Gasteiger partial charge is 0.496 e. The van der Waals surface area contributed by atoms with Gasteiger partial charge in [0, 0.05) is 24.1 Å². The van der Waals surface area contributed by atoms with E-state index in [4.69, 9.17) is 9.47 Å². The Balaban J connectivity index is 1.95. The molecule has 0 radical (unpaired) electrons. The molecule has 2 heterocycles. The highest BCUT2D eigenvalue weighted by atomic mass is 79.9. The summed E-state index contributed by atoms with van der Waals surface area (Å²) in [5.41, 5.74) is 3.22. The topological polar surface area (TPSA) is 73.1 Å². The van der Waals surface area contributed by atoms with Gasteiger partial charge in [-0.05, 0) is 59.6 Å². The van der Waals surface area contributed by atoms with Crippen molar-refractivity contribution >= 4 is 45.0 Å². The number of methoxy groups -OCH3 is 1. The van der Waals surface area contributed by atoms with Crippen molar-refractivity contribution in [3.63, 3.8) is 0 Å². The van der Waals surface area contributed by atoms with Crippen LogP contribution < -0.4 is 24.5 Å². The number of hydrogen-bond acceptors (Lipinski definition) is 7. The molecule has 9 heteroatoms. The van der Waals surface area contributed by atoms with Gasteiger partial charge >= 0.3 is 5.97 Å². The fraction of sp³-hybridized carbons (Fsp3) is 0.269. The molecule has 0 N–H and O–H groups in total. The van der Waals surface area contributed by atoms with Crippen LogP contribution in [0.2, 0.25) is 0 Å². The Morgan fingerprint density at radius 3 is 2.66 bits per heavy atom. The van der Waals surface area contributed by atoms with Crippen LogP contribution in [0.1, 0.15) is 31.0 Å². The Morgan fingerprint density at radius 2 is 2.00 bits per heavy atom. The number of carbonyl (C=O) groups is 1. The third kappa shape index (κ3) is 4.70. The summed E-state index contributed by atoms with van der Waals surface area (Å²) in [6, 6.07) is 12.6. The zero-order valence-electron chi connectivity index (χ0n) is 20.2. The molecule has 35 heavy (non-hydrogen) atoms. The van der Waals surface area contributed by atoms with Crippen LogP contribution in [0, 0.1) is 0 Å². The summed E-state index contributed by atoms with van der Waals surface area (Å²) in [6.45, 7) is 3.74. The van der Waals surface area contributed by atoms with Crippen molar-refractivity contribution in [2.45, 2.75) is 19.9 Å². The van der Waals surface area contributed by atoms with Gasteiger partial charge in [-0.15, -0.1) is 0 Å². The van der Waals surface area contributed by atoms with Gasteiger partial charge in [0.15, 0.2) is 4.80 Å². The van der Waals surface area contributed by atoms with Crippen molar-refractivity contribution in [1.29, 1.82) is 0 Å². The predicted octanol–water partition coefficient (Wildman–Crippen LogP) is 3.64. The number of fused-ring (bicyclic) bond motifs is 1. The van der Waals surface area contributed by atoms with Gasteiger partial charge in [-0.1, -0.05) is 35.6 Å². The van der Waals surface area contributed by atoms with Crippen molar-refractivity contribution < 1.29 is 14.3 Å². The minimum absolute atomic E-state index is 0.219. The molecule has 0 bridgehead atoms. The number of benzene rings is 2. The fourth-order valence-corrected chi connectivity index (χ4v) is 5.90. The van der Waals surface area contributed by atoms with Crippen molar-refractivity contribution in [3.8, 4) is 5.75 Å². The number of aromatic nitrogens is 1. The average molecular weight is 556 g/mol. The van der Waals surface area contributed by atoms with Crippen LogP contribution in [-0.4, -0.2) is 38.3 Å². The maximum absolute atomic E-state index is 13.7. The first-order valence-corrected chi connectivity index (χ1v) is 12.7. The second-order valence-electron chi connectivity index (χ2n) is 8.15. The molecule has 0 spiro atoms. The Bertz CT molecular complexity index is 1500. The van der Waals surface area contributed by atoms with Crippen LogP contribution in [0.25, 0.3) is 6.08 Å². The maximum Gasteiger partial charge on any atom is 0.338 e. The highest BCUT2D eigenvalue weighted by molar-refractivity contribution is 9.10. The zero-order chi connectivity index (χ0) is 25.3. The van der Waals surface area contributed by atoms with Gasteiger partial charge in [0.2, 0.25) is 0 Å². The van der Waals surface area contributed by atoms with Crippen LogP contribution in [0.15, 0.2) is 68.0 Å². The van der Waals surface area contributed by atoms with Crippen LogP contribution in [0.5, 0.6) is 5.75 Å². The first kappa shape index (κ1) is 24.9. The molecule has 182 valence electrons. The second kappa shape index (κ2) is 10.2. The summed E-state index contributed by atoms with van der Waals surface area (Å²) in [5.74, 6) is 0.0777. The average Bonchev–Trinajstić information content (AvgIpc) is 3.12. The molecular formula is C26H26BrN3O4S. The van der Waals surface area contributed by atoms with E-state index in [1.807, 2.05) is 67.5 Å². The molecule has 1 aromatic heterocycles. The third-order valence-corrected chi connectivity index (χ3v) is 7.32. The zero-order valence-corrected chi connectivity index (χ0v) is 22.6. The lowest BCUT2D eigenvalue weighted by atomic mass is 9.95. The molecule has 0 fully saturated rings. The van der Waals surface area contributed by atoms with E-state index in [0.29, 0.717) is 31.9 Å². The van der Waals surface area contributed by atoms with Gasteiger partial charge in [0.25, 0.3) is 5.56 Å². The molecule has 1 atom stereocenters. The monoisotopic (exact) mass is 555 g/mol. The standard InChI is InChI=1S/C26H26BrN3O4S/c1-6-34-25(32)22-15(2)28-26-30(23(22)17-9-7-8-10-20(17)33-5)24(31)21(35-26)14-16-11-12-19(29(3)4)18(27)13-16/h7-14,23H,6H2,1-5H3/b21-14+. The van der Waals surface area contributed by atoms with E-state index in [-0.39, 0.29) is 12.2 Å². The number of esters is 1. The van der Waals surface area contributed by atoms with Gasteiger partial charge < -0.3 is 14.4 Å². The molecule has 0 amide bonds. The molecule has 0 saturated carbocycles. The SMILES string of the molecule is CCOC(=O)C1=C(C)N=c2s/c(=C/c3ccc(N(C)C)c(Br)c3)c(=O)n2C1c1ccccc1OC. The summed E-state index contributed by atoms with van der Waals surface area (Å²) in [6.07, 6.45) is 1.84. The van der Waals surface area contributed by atoms with Gasteiger partial charge in [-0.3, -0.25) is 9.36 Å². The van der Waals surface area contributed by atoms with E-state index in [2.05, 4.69) is 20.9 Å². The highest BCUT2D eigenvalue weighted by Crippen LogP contribution is 2.35. The molecule has 0 aliphatic carbocycles. The number of allylic oxidation sites excluding steroid dienone is 1. The number of anilines is 1. The first-order valence-electron chi connectivity index (χ1n) is 11.1. The Kier molecular flexibility index (Phi) is 7.28. The van der Waals surface area contributed by atoms with Crippen LogP contribution in [-0.2, 0) is 9.53 Å². The van der Waals surface area contributed by atoms with Gasteiger partial charge in [0.05, 0.1) is 35.2 Å². The number of carbonyl (C=O) groups excluding carboxylic acids is 1. The normalized spacial score (nSPS) is 15.5. The van der Waals surface area contributed by atoms with E-state index in [1.54, 1.807) is 25.5 Å². The van der Waals surface area contributed by atoms with Gasteiger partial charge in [-0.25, -0.2) is 9.79 Å². The highest BCUT2D eigenvalue weighted by Gasteiger charge is 2.34. The summed E-state index contributed by atoms with van der Waals surface area (Å²) in [4.78, 5) is 33.9. The van der Waals surface area contributed by atoms with E-state index in [1.165, 1.54) is 11.3 Å². The number of thiazole rings is 1. The van der Waals surface area contributed by atoms with Crippen LogP contribution in [0.3, 0.4) is 0 Å².